The van der Waals surface area contributed by atoms with Crippen LogP contribution in [0.4, 0.5) is 22.2 Å². The van der Waals surface area contributed by atoms with Crippen molar-refractivity contribution in [3.05, 3.63) is 35.6 Å². The zero-order chi connectivity index (χ0) is 18.5. The number of halogens is 1. The van der Waals surface area contributed by atoms with E-state index in [4.69, 9.17) is 4.74 Å². The van der Waals surface area contributed by atoms with E-state index in [2.05, 4.69) is 30.4 Å². The Morgan fingerprint density at radius 1 is 1.15 bits per heavy atom. The molecule has 2 heterocycles. The molecule has 1 aromatic heterocycles. The summed E-state index contributed by atoms with van der Waals surface area (Å²) in [6, 6.07) is 6.15. The van der Waals surface area contributed by atoms with E-state index in [1.165, 1.54) is 12.1 Å². The van der Waals surface area contributed by atoms with Crippen LogP contribution in [0.1, 0.15) is 12.5 Å². The molecule has 0 aliphatic carbocycles. The lowest BCUT2D eigenvalue weighted by molar-refractivity contribution is 0.122. The number of nitrogens with one attached hydrogen (secondary N) is 1. The van der Waals surface area contributed by atoms with Crippen LogP contribution in [0.2, 0.25) is 0 Å². The first-order valence-electron chi connectivity index (χ1n) is 8.35. The maximum absolute atomic E-state index is 13.0. The summed E-state index contributed by atoms with van der Waals surface area (Å²) in [4.78, 5) is 17.2. The third-order valence-corrected chi connectivity index (χ3v) is 3.89. The van der Waals surface area contributed by atoms with Gasteiger partial charge in [0, 0.05) is 27.2 Å². The number of rotatable bonds is 5. The Hall–Kier alpha value is -2.81. The Labute approximate surface area is 151 Å². The van der Waals surface area contributed by atoms with Gasteiger partial charge in [-0.1, -0.05) is 12.1 Å². The molecule has 0 radical (unpaired) electrons. The van der Waals surface area contributed by atoms with Crippen molar-refractivity contribution in [2.75, 3.05) is 55.6 Å². The van der Waals surface area contributed by atoms with Crippen LogP contribution in [0.25, 0.3) is 0 Å². The first-order valence-corrected chi connectivity index (χ1v) is 8.35. The van der Waals surface area contributed by atoms with Crippen molar-refractivity contribution in [2.45, 2.75) is 6.92 Å². The zero-order valence-corrected chi connectivity index (χ0v) is 15.1. The van der Waals surface area contributed by atoms with E-state index in [1.807, 2.05) is 25.9 Å². The number of benzene rings is 1. The summed E-state index contributed by atoms with van der Waals surface area (Å²) < 4.78 is 18.4. The lowest BCUT2D eigenvalue weighted by atomic mass is 10.1. The van der Waals surface area contributed by atoms with Crippen LogP contribution < -0.4 is 15.2 Å². The van der Waals surface area contributed by atoms with Crippen LogP contribution in [-0.4, -0.2) is 61.1 Å². The van der Waals surface area contributed by atoms with Gasteiger partial charge in [0.2, 0.25) is 17.8 Å². The van der Waals surface area contributed by atoms with Gasteiger partial charge in [-0.05, 0) is 24.6 Å². The lowest BCUT2D eigenvalue weighted by Gasteiger charge is -2.27. The first kappa shape index (κ1) is 18.0. The molecule has 1 saturated heterocycles. The van der Waals surface area contributed by atoms with Crippen molar-refractivity contribution >= 4 is 23.6 Å². The van der Waals surface area contributed by atoms with Crippen LogP contribution in [0.3, 0.4) is 0 Å². The Kier molecular flexibility index (Phi) is 5.57. The first-order chi connectivity index (χ1) is 12.5. The van der Waals surface area contributed by atoms with Gasteiger partial charge in [-0.3, -0.25) is 0 Å². The van der Waals surface area contributed by atoms with Gasteiger partial charge < -0.3 is 14.5 Å². The monoisotopic (exact) mass is 359 g/mol. The number of ether oxygens (including phenoxy) is 1. The molecule has 2 aromatic rings. The van der Waals surface area contributed by atoms with Gasteiger partial charge in [-0.2, -0.15) is 20.1 Å². The number of nitrogens with zero attached hydrogens (tertiary/aromatic N) is 6. The predicted molar refractivity (Wildman–Crippen MR) is 99.4 cm³/mol. The van der Waals surface area contributed by atoms with E-state index in [-0.39, 0.29) is 5.82 Å². The standard InChI is InChI=1S/C17H22FN7O/c1-12(13-4-6-14(18)7-5-13)22-23-15-19-16(24(2)3)21-17(20-15)25-8-10-26-11-9-25/h4-7H,8-11H2,1-3H3,(H,19,20,21,23). The molecular weight excluding hydrogens is 337 g/mol. The van der Waals surface area contributed by atoms with Gasteiger partial charge in [0.05, 0.1) is 18.9 Å². The summed E-state index contributed by atoms with van der Waals surface area (Å²) in [7, 11) is 3.74. The second-order valence-electron chi connectivity index (χ2n) is 6.07. The van der Waals surface area contributed by atoms with Gasteiger partial charge in [0.15, 0.2) is 0 Å². The normalized spacial score (nSPS) is 15.1. The Morgan fingerprint density at radius 3 is 2.50 bits per heavy atom. The number of hydrogen-bond acceptors (Lipinski definition) is 8. The number of hydrazone groups is 1. The molecule has 0 amide bonds. The van der Waals surface area contributed by atoms with E-state index in [9.17, 15) is 4.39 Å². The summed E-state index contributed by atoms with van der Waals surface area (Å²) in [5, 5.41) is 4.31. The molecule has 0 spiro atoms. The van der Waals surface area contributed by atoms with E-state index in [0.29, 0.717) is 36.8 Å². The average Bonchev–Trinajstić information content (AvgIpc) is 2.67. The van der Waals surface area contributed by atoms with Crippen molar-refractivity contribution in [1.82, 2.24) is 15.0 Å². The molecule has 8 nitrogen and oxygen atoms in total. The third kappa shape index (κ3) is 4.42. The third-order valence-electron chi connectivity index (χ3n) is 3.89. The van der Waals surface area contributed by atoms with E-state index < -0.39 is 0 Å². The van der Waals surface area contributed by atoms with Crippen LogP contribution >= 0.6 is 0 Å². The highest BCUT2D eigenvalue weighted by Crippen LogP contribution is 2.16. The van der Waals surface area contributed by atoms with Crippen molar-refractivity contribution in [2.24, 2.45) is 5.10 Å². The van der Waals surface area contributed by atoms with E-state index in [1.54, 1.807) is 12.1 Å². The SMILES string of the molecule is CC(=NNc1nc(N(C)C)nc(N2CCOCC2)n1)c1ccc(F)cc1. The van der Waals surface area contributed by atoms with Crippen molar-refractivity contribution in [3.8, 4) is 0 Å². The summed E-state index contributed by atoms with van der Waals surface area (Å²) in [6.07, 6.45) is 0. The van der Waals surface area contributed by atoms with Gasteiger partial charge in [-0.15, -0.1) is 0 Å². The summed E-state index contributed by atoms with van der Waals surface area (Å²) in [5.41, 5.74) is 4.39. The summed E-state index contributed by atoms with van der Waals surface area (Å²) >= 11 is 0. The van der Waals surface area contributed by atoms with Gasteiger partial charge in [-0.25, -0.2) is 9.82 Å². The molecule has 138 valence electrons. The second kappa shape index (κ2) is 8.05. The minimum absolute atomic E-state index is 0.280. The fraction of sp³-hybridized carbons (Fsp3) is 0.412. The Morgan fingerprint density at radius 2 is 1.85 bits per heavy atom. The maximum Gasteiger partial charge on any atom is 0.250 e. The van der Waals surface area contributed by atoms with Gasteiger partial charge in [0.1, 0.15) is 5.82 Å². The topological polar surface area (TPSA) is 78.8 Å². The van der Waals surface area contributed by atoms with Crippen LogP contribution in [0, 0.1) is 5.82 Å². The maximum atomic E-state index is 13.0. The molecular formula is C17H22FN7O. The average molecular weight is 359 g/mol. The van der Waals surface area contributed by atoms with Crippen molar-refractivity contribution < 1.29 is 9.13 Å². The Balaban J connectivity index is 1.82. The smallest absolute Gasteiger partial charge is 0.250 e. The number of aromatic nitrogens is 3. The van der Waals surface area contributed by atoms with E-state index >= 15 is 0 Å². The van der Waals surface area contributed by atoms with Crippen LogP contribution in [-0.2, 0) is 4.74 Å². The number of hydrogen-bond donors (Lipinski definition) is 1. The molecule has 0 bridgehead atoms. The molecule has 1 aromatic carbocycles. The fourth-order valence-corrected chi connectivity index (χ4v) is 2.40. The van der Waals surface area contributed by atoms with E-state index in [0.717, 1.165) is 18.7 Å². The fourth-order valence-electron chi connectivity index (χ4n) is 2.40. The molecule has 1 fully saturated rings. The molecule has 0 saturated carbocycles. The van der Waals surface area contributed by atoms with Crippen molar-refractivity contribution in [1.29, 1.82) is 0 Å². The highest BCUT2D eigenvalue weighted by Gasteiger charge is 2.17. The molecule has 1 aliphatic rings. The highest BCUT2D eigenvalue weighted by molar-refractivity contribution is 5.98. The van der Waals surface area contributed by atoms with Gasteiger partial charge in [0.25, 0.3) is 0 Å². The molecule has 0 atom stereocenters. The number of morpholine rings is 1. The number of anilines is 3. The summed E-state index contributed by atoms with van der Waals surface area (Å²) in [6.45, 7) is 4.58. The highest BCUT2D eigenvalue weighted by atomic mass is 19.1. The van der Waals surface area contributed by atoms with Crippen molar-refractivity contribution in [3.63, 3.8) is 0 Å². The van der Waals surface area contributed by atoms with Crippen LogP contribution in [0.15, 0.2) is 29.4 Å². The Bertz CT molecular complexity index is 773. The molecule has 9 heteroatoms. The quantitative estimate of drug-likeness (QED) is 0.643. The van der Waals surface area contributed by atoms with Crippen LogP contribution in [0.5, 0.6) is 0 Å². The molecule has 26 heavy (non-hydrogen) atoms. The molecule has 1 N–H and O–H groups in total. The largest absolute Gasteiger partial charge is 0.378 e. The molecule has 3 rings (SSSR count). The predicted octanol–water partition coefficient (Wildman–Crippen LogP) is 1.75. The summed E-state index contributed by atoms with van der Waals surface area (Å²) in [5.74, 6) is 1.20. The minimum atomic E-state index is -0.280. The zero-order valence-electron chi connectivity index (χ0n) is 15.1. The van der Waals surface area contributed by atoms with Gasteiger partial charge >= 0.3 is 0 Å². The minimum Gasteiger partial charge on any atom is -0.378 e. The molecule has 0 unspecified atom stereocenters. The lowest BCUT2D eigenvalue weighted by Crippen LogP contribution is -2.37. The second-order valence-corrected chi connectivity index (χ2v) is 6.07. The molecule has 1 aliphatic heterocycles.